The Hall–Kier alpha value is -2.04. The van der Waals surface area contributed by atoms with Crippen molar-refractivity contribution in [1.29, 1.82) is 0 Å². The summed E-state index contributed by atoms with van der Waals surface area (Å²) in [5.74, 6) is 1.84. The molecule has 102 valence electrons. The van der Waals surface area contributed by atoms with Crippen molar-refractivity contribution in [1.82, 2.24) is 5.32 Å². The van der Waals surface area contributed by atoms with Gasteiger partial charge in [-0.25, -0.2) is 0 Å². The monoisotopic (exact) mass is 262 g/mol. The van der Waals surface area contributed by atoms with Crippen LogP contribution in [0.3, 0.4) is 0 Å². The third kappa shape index (κ3) is 2.70. The van der Waals surface area contributed by atoms with Gasteiger partial charge in [0.1, 0.15) is 11.9 Å². The largest absolute Gasteiger partial charge is 0.493 e. The summed E-state index contributed by atoms with van der Waals surface area (Å²) in [6, 6.07) is 5.20. The van der Waals surface area contributed by atoms with E-state index in [1.807, 2.05) is 19.1 Å². The minimum absolute atomic E-state index is 0.0355. The van der Waals surface area contributed by atoms with Gasteiger partial charge in [0.15, 0.2) is 11.5 Å². The normalized spacial score (nSPS) is 17.9. The highest BCUT2D eigenvalue weighted by Gasteiger charge is 2.26. The first kappa shape index (κ1) is 13.4. The van der Waals surface area contributed by atoms with Crippen LogP contribution in [-0.4, -0.2) is 32.0 Å². The van der Waals surface area contributed by atoms with Gasteiger partial charge in [-0.05, 0) is 24.6 Å². The van der Waals surface area contributed by atoms with E-state index in [0.717, 1.165) is 18.4 Å². The molecular formula is C14H18N2O3. The Balaban J connectivity index is 2.28. The van der Waals surface area contributed by atoms with Crippen molar-refractivity contribution in [2.24, 2.45) is 4.99 Å². The van der Waals surface area contributed by atoms with Crippen LogP contribution in [0.25, 0.3) is 0 Å². The number of hydrogen-bond donors (Lipinski definition) is 1. The Morgan fingerprint density at radius 2 is 2.00 bits per heavy atom. The quantitative estimate of drug-likeness (QED) is 0.879. The molecule has 2 rings (SSSR count). The molecule has 1 unspecified atom stereocenters. The van der Waals surface area contributed by atoms with Crippen molar-refractivity contribution in [2.75, 3.05) is 14.2 Å². The summed E-state index contributed by atoms with van der Waals surface area (Å²) in [7, 11) is 3.17. The smallest absolute Gasteiger partial charge is 0.250 e. The van der Waals surface area contributed by atoms with Crippen molar-refractivity contribution < 1.29 is 14.3 Å². The van der Waals surface area contributed by atoms with Gasteiger partial charge in [0.2, 0.25) is 5.91 Å². The molecule has 1 amide bonds. The molecule has 5 heteroatoms. The molecule has 1 aliphatic heterocycles. The van der Waals surface area contributed by atoms with E-state index < -0.39 is 0 Å². The molecule has 0 radical (unpaired) electrons. The summed E-state index contributed by atoms with van der Waals surface area (Å²) in [6.45, 7) is 2.04. The average molecular weight is 262 g/mol. The van der Waals surface area contributed by atoms with Crippen LogP contribution in [0.2, 0.25) is 0 Å². The third-order valence-electron chi connectivity index (χ3n) is 3.05. The van der Waals surface area contributed by atoms with Crippen molar-refractivity contribution in [2.45, 2.75) is 25.8 Å². The highest BCUT2D eigenvalue weighted by Crippen LogP contribution is 2.28. The van der Waals surface area contributed by atoms with Gasteiger partial charge in [-0.1, -0.05) is 13.3 Å². The highest BCUT2D eigenvalue weighted by atomic mass is 16.5. The minimum atomic E-state index is -0.270. The summed E-state index contributed by atoms with van der Waals surface area (Å²) in [6.07, 6.45) is 1.70. The van der Waals surface area contributed by atoms with Gasteiger partial charge < -0.3 is 14.8 Å². The predicted octanol–water partition coefficient (Wildman–Crippen LogP) is 1.75. The van der Waals surface area contributed by atoms with E-state index >= 15 is 0 Å². The predicted molar refractivity (Wildman–Crippen MR) is 72.9 cm³/mol. The number of nitrogens with one attached hydrogen (secondary N) is 1. The van der Waals surface area contributed by atoms with E-state index in [1.54, 1.807) is 20.3 Å². The molecule has 1 aromatic rings. The van der Waals surface area contributed by atoms with Gasteiger partial charge in [-0.3, -0.25) is 9.79 Å². The Morgan fingerprint density at radius 1 is 1.26 bits per heavy atom. The number of methoxy groups -OCH3 is 2. The van der Waals surface area contributed by atoms with Crippen LogP contribution in [0.5, 0.6) is 11.5 Å². The molecule has 0 fully saturated rings. The SMILES string of the molecule is CCCC1N=C(c2ccc(OC)c(OC)c2)NC1=O. The van der Waals surface area contributed by atoms with Crippen LogP contribution in [0.4, 0.5) is 0 Å². The van der Waals surface area contributed by atoms with Crippen LogP contribution in [0.15, 0.2) is 23.2 Å². The van der Waals surface area contributed by atoms with Crippen LogP contribution in [0, 0.1) is 0 Å². The number of hydrogen-bond acceptors (Lipinski definition) is 4. The molecule has 0 spiro atoms. The molecule has 0 aliphatic carbocycles. The number of rotatable bonds is 5. The lowest BCUT2D eigenvalue weighted by molar-refractivity contribution is -0.120. The molecule has 1 heterocycles. The van der Waals surface area contributed by atoms with Gasteiger partial charge in [0.25, 0.3) is 0 Å². The second-order valence-corrected chi connectivity index (χ2v) is 4.34. The molecule has 1 aromatic carbocycles. The zero-order chi connectivity index (χ0) is 13.8. The number of carbonyl (C=O) groups excluding carboxylic acids is 1. The van der Waals surface area contributed by atoms with E-state index in [4.69, 9.17) is 9.47 Å². The first-order valence-electron chi connectivity index (χ1n) is 6.30. The van der Waals surface area contributed by atoms with E-state index in [1.165, 1.54) is 0 Å². The number of amidine groups is 1. The Kier molecular flexibility index (Phi) is 4.04. The number of aliphatic imine (C=N–C) groups is 1. The molecule has 1 aliphatic rings. The molecule has 0 saturated carbocycles. The van der Waals surface area contributed by atoms with E-state index in [9.17, 15) is 4.79 Å². The third-order valence-corrected chi connectivity index (χ3v) is 3.05. The van der Waals surface area contributed by atoms with Crippen LogP contribution < -0.4 is 14.8 Å². The van der Waals surface area contributed by atoms with Crippen molar-refractivity contribution in [3.05, 3.63) is 23.8 Å². The minimum Gasteiger partial charge on any atom is -0.493 e. The van der Waals surface area contributed by atoms with Crippen LogP contribution in [0.1, 0.15) is 25.3 Å². The zero-order valence-corrected chi connectivity index (χ0v) is 11.4. The fraction of sp³-hybridized carbons (Fsp3) is 0.429. The molecule has 0 bridgehead atoms. The lowest BCUT2D eigenvalue weighted by Crippen LogP contribution is -2.29. The van der Waals surface area contributed by atoms with Crippen molar-refractivity contribution in [3.8, 4) is 11.5 Å². The number of amides is 1. The first-order chi connectivity index (χ1) is 9.19. The highest BCUT2D eigenvalue weighted by molar-refractivity contribution is 6.13. The van der Waals surface area contributed by atoms with Gasteiger partial charge in [0, 0.05) is 5.56 Å². The Labute approximate surface area is 112 Å². The van der Waals surface area contributed by atoms with Crippen molar-refractivity contribution in [3.63, 3.8) is 0 Å². The summed E-state index contributed by atoms with van der Waals surface area (Å²) in [5, 5.41) is 2.81. The summed E-state index contributed by atoms with van der Waals surface area (Å²) >= 11 is 0. The van der Waals surface area contributed by atoms with Gasteiger partial charge >= 0.3 is 0 Å². The fourth-order valence-corrected chi connectivity index (χ4v) is 2.05. The maximum Gasteiger partial charge on any atom is 0.250 e. The van der Waals surface area contributed by atoms with Gasteiger partial charge in [0.05, 0.1) is 14.2 Å². The van der Waals surface area contributed by atoms with E-state index in [0.29, 0.717) is 17.3 Å². The zero-order valence-electron chi connectivity index (χ0n) is 11.4. The van der Waals surface area contributed by atoms with Crippen LogP contribution in [-0.2, 0) is 4.79 Å². The number of benzene rings is 1. The van der Waals surface area contributed by atoms with Crippen LogP contribution >= 0.6 is 0 Å². The molecule has 0 saturated heterocycles. The molecule has 1 N–H and O–H groups in total. The van der Waals surface area contributed by atoms with E-state index in [-0.39, 0.29) is 11.9 Å². The number of nitrogens with zero attached hydrogens (tertiary/aromatic N) is 1. The lowest BCUT2D eigenvalue weighted by atomic mass is 10.2. The molecule has 0 aromatic heterocycles. The Bertz CT molecular complexity index is 511. The molecule has 19 heavy (non-hydrogen) atoms. The number of ether oxygens (including phenoxy) is 2. The second kappa shape index (κ2) is 5.73. The van der Waals surface area contributed by atoms with Crippen molar-refractivity contribution >= 4 is 11.7 Å². The lowest BCUT2D eigenvalue weighted by Gasteiger charge is -2.09. The molecule has 1 atom stereocenters. The first-order valence-corrected chi connectivity index (χ1v) is 6.30. The summed E-state index contributed by atoms with van der Waals surface area (Å²) in [4.78, 5) is 16.2. The Morgan fingerprint density at radius 3 is 2.63 bits per heavy atom. The fourth-order valence-electron chi connectivity index (χ4n) is 2.05. The van der Waals surface area contributed by atoms with Gasteiger partial charge in [-0.15, -0.1) is 0 Å². The topological polar surface area (TPSA) is 59.9 Å². The maximum atomic E-state index is 11.7. The average Bonchev–Trinajstić information content (AvgIpc) is 2.80. The second-order valence-electron chi connectivity index (χ2n) is 4.34. The standard InChI is InChI=1S/C14H18N2O3/c1-4-5-10-14(17)16-13(15-10)9-6-7-11(18-2)12(8-9)19-3/h6-8,10H,4-5H2,1-3H3,(H,15,16,17). The molecule has 5 nitrogen and oxygen atoms in total. The summed E-state index contributed by atoms with van der Waals surface area (Å²) in [5.41, 5.74) is 0.824. The number of carbonyl (C=O) groups is 1. The van der Waals surface area contributed by atoms with E-state index in [2.05, 4.69) is 10.3 Å². The molecular weight excluding hydrogens is 244 g/mol. The summed E-state index contributed by atoms with van der Waals surface area (Å²) < 4.78 is 10.4. The maximum absolute atomic E-state index is 11.7. The van der Waals surface area contributed by atoms with Gasteiger partial charge in [-0.2, -0.15) is 0 Å².